The van der Waals surface area contributed by atoms with Crippen LogP contribution >= 0.6 is 23.5 Å². The molecule has 0 saturated carbocycles. The van der Waals surface area contributed by atoms with Crippen molar-refractivity contribution in [2.24, 2.45) is 5.92 Å². The minimum Gasteiger partial charge on any atom is -0.480 e. The van der Waals surface area contributed by atoms with Gasteiger partial charge < -0.3 is 122 Å². The molecule has 5 fully saturated rings. The Bertz CT molecular complexity index is 4740. The molecule has 48 heteroatoms. The normalized spacial score (nSPS) is 17.9. The van der Waals surface area contributed by atoms with Gasteiger partial charge in [0.05, 0.1) is 122 Å². The molecule has 9 rings (SSSR count). The van der Waals surface area contributed by atoms with Crippen molar-refractivity contribution < 1.29 is 138 Å². The average Bonchev–Trinajstić information content (AvgIpc) is 1.10. The van der Waals surface area contributed by atoms with E-state index in [2.05, 4.69) is 63.2 Å². The number of nitrogens with zero attached hydrogens (tertiary/aromatic N) is 6. The number of urea groups is 2. The van der Waals surface area contributed by atoms with Crippen LogP contribution in [-0.2, 0) is 73.2 Å². The maximum absolute atomic E-state index is 14.0. The molecule has 0 aromatic heterocycles. The first-order valence-electron chi connectivity index (χ1n) is 48.0. The van der Waals surface area contributed by atoms with E-state index < -0.39 is 70.7 Å². The number of fused-ring (bicyclic) bond motifs is 2. The van der Waals surface area contributed by atoms with Gasteiger partial charge in [-0.2, -0.15) is 32.3 Å². The van der Waals surface area contributed by atoms with Gasteiger partial charge in [0.2, 0.25) is 41.0 Å². The number of nitrogens with one attached hydrogen (secondary N) is 11. The SMILES string of the molecule is CNc1cc(C(=O)NCCCOCCOCCOCCCNC(=O)CN(C)C(=O)CCCCC2SCC3NC(=O)NC32)cc(C(=O)Nc2ccc(CC3CN(CC(=O)O)CCN(CC(=O)O)CCCN(CC(=O)O)CCN(CC(=O)O)C3)cc2)c1.CNc1cc(C(=O)NCCCOCCOCCOCCCNC(=O)CN(C)C(=O)CCCCC2SCC3NC(=O)NC32)cc(C(=O)Oc2c(F)c(F)cc(F)c2F)c1. The fourth-order valence-corrected chi connectivity index (χ4v) is 19.4. The summed E-state index contributed by atoms with van der Waals surface area (Å²) >= 11 is 3.70. The fourth-order valence-electron chi connectivity index (χ4n) is 16.4. The molecule has 42 nitrogen and oxygen atoms in total. The lowest BCUT2D eigenvalue weighted by Gasteiger charge is -2.34. The molecule has 11 amide bonds. The van der Waals surface area contributed by atoms with Crippen LogP contribution in [0.5, 0.6) is 5.75 Å². The summed E-state index contributed by atoms with van der Waals surface area (Å²) in [6.45, 7) is 6.45. The average molecular weight is 2060 g/mol. The topological polar surface area (TPSA) is 536 Å². The van der Waals surface area contributed by atoms with Gasteiger partial charge >= 0.3 is 41.9 Å². The summed E-state index contributed by atoms with van der Waals surface area (Å²) < 4.78 is 93.0. The molecule has 143 heavy (non-hydrogen) atoms. The molecule has 0 radical (unpaired) electrons. The van der Waals surface area contributed by atoms with E-state index in [0.717, 1.165) is 61.7 Å². The maximum atomic E-state index is 14.0. The third kappa shape index (κ3) is 43.6. The molecule has 5 aliphatic heterocycles. The van der Waals surface area contributed by atoms with Crippen molar-refractivity contribution in [1.82, 2.24) is 71.9 Å². The van der Waals surface area contributed by atoms with Gasteiger partial charge in [-0.25, -0.2) is 23.2 Å². The highest BCUT2D eigenvalue weighted by Gasteiger charge is 2.44. The van der Waals surface area contributed by atoms with Crippen molar-refractivity contribution in [3.8, 4) is 5.75 Å². The molecule has 792 valence electrons. The number of benzene rings is 4. The van der Waals surface area contributed by atoms with Gasteiger partial charge in [0.15, 0.2) is 11.6 Å². The number of hydrogen-bond acceptors (Lipinski definition) is 29. The second kappa shape index (κ2) is 63.7. The number of hydrogen-bond donors (Lipinski definition) is 15. The number of amides is 11. The Labute approximate surface area is 836 Å². The number of unbranched alkanes of at least 4 members (excludes halogenated alkanes) is 2. The molecule has 5 aliphatic rings. The number of carboxylic acids is 4. The first kappa shape index (κ1) is 117. The molecular formula is C95H137F4N17O25S2. The van der Waals surface area contributed by atoms with E-state index in [1.165, 1.54) is 35.0 Å². The lowest BCUT2D eigenvalue weighted by atomic mass is 9.97. The maximum Gasteiger partial charge on any atom is 0.343 e. The zero-order valence-corrected chi connectivity index (χ0v) is 82.9. The predicted octanol–water partition coefficient (Wildman–Crippen LogP) is 4.31. The van der Waals surface area contributed by atoms with E-state index in [9.17, 15) is 105 Å². The lowest BCUT2D eigenvalue weighted by Crippen LogP contribution is -2.47. The van der Waals surface area contributed by atoms with E-state index in [0.29, 0.717) is 185 Å². The summed E-state index contributed by atoms with van der Waals surface area (Å²) in [5, 5.41) is 71.1. The van der Waals surface area contributed by atoms with E-state index in [1.54, 1.807) is 77.1 Å². The largest absolute Gasteiger partial charge is 0.480 e. The van der Waals surface area contributed by atoms with E-state index in [-0.39, 0.29) is 191 Å². The second-order valence-corrected chi connectivity index (χ2v) is 37.5. The van der Waals surface area contributed by atoms with E-state index in [1.807, 2.05) is 23.5 Å². The molecule has 0 bridgehead atoms. The number of aliphatic carboxylic acids is 4. The van der Waals surface area contributed by atoms with Crippen LogP contribution in [0.2, 0.25) is 0 Å². The van der Waals surface area contributed by atoms with Crippen molar-refractivity contribution >= 4 is 124 Å². The summed E-state index contributed by atoms with van der Waals surface area (Å²) in [4.78, 5) is 182. The van der Waals surface area contributed by atoms with Gasteiger partial charge in [-0.3, -0.25) is 72.3 Å². The number of esters is 1. The summed E-state index contributed by atoms with van der Waals surface area (Å²) in [6, 6.07) is 16.0. The molecule has 4 aromatic rings. The van der Waals surface area contributed by atoms with Crippen molar-refractivity contribution in [2.75, 3.05) is 253 Å². The summed E-state index contributed by atoms with van der Waals surface area (Å²) in [6.07, 6.45) is 8.81. The predicted molar refractivity (Wildman–Crippen MR) is 523 cm³/mol. The molecule has 15 N–H and O–H groups in total. The number of carbonyl (C=O) groups is 14. The van der Waals surface area contributed by atoms with Gasteiger partial charge in [-0.15, -0.1) is 0 Å². The zero-order valence-electron chi connectivity index (χ0n) is 81.3. The molecule has 6 atom stereocenters. The standard InChI is InChI=1S/C57H87N11O16S.C38H50F4N6O9S/c1-58-45-30-42(55(79)60-15-6-23-83-25-27-84-26-24-82-22-5-14-59-48(69)34-64(2)49(70)9-4-3-8-47-54-46(39-85-47)62-57(81)63-54)29-43(31-45)56(80)61-44-12-10-40(11-13-44)28-41-32-67(37-52(75)76)20-18-65(35-50(71)72)16-7-17-66(36-51(73)74)19-21-68(33-41)38-53(77)78;1-43-25-18-23(17-24(19-25)37(52)57-35-32(41)26(39)20-27(40)33(35)42)36(51)45-10-6-12-55-14-16-56-15-13-54-11-5-9-44-30(49)21-48(2)31(50)8-4-3-7-29-34-28(22-58-29)46-38(53)47-34/h10-13,29-31,41,46-47,54,58H,3-9,14-28,32-39H2,1-2H3,(H,59,69)(H,60,79)(H,61,80)(H,71,72)(H,73,74)(H,75,76)(H,77,78)(H2,62,63,81);17-20,28-29,34,43H,3-16,21-22H2,1-2H3,(H,44,49)(H,45,51)(H2,46,47,53). The molecule has 5 heterocycles. The number of thioether (sulfide) groups is 2. The number of anilines is 3. The third-order valence-electron chi connectivity index (χ3n) is 23.7. The smallest absolute Gasteiger partial charge is 0.343 e. The summed E-state index contributed by atoms with van der Waals surface area (Å²) in [5.41, 5.74) is 2.30. The van der Waals surface area contributed by atoms with E-state index in [4.69, 9.17) is 28.4 Å². The number of carboxylic acid groups (broad SMARTS) is 4. The Morgan fingerprint density at radius 1 is 0.427 bits per heavy atom. The summed E-state index contributed by atoms with van der Waals surface area (Å²) in [5.74, 6) is -14.9. The Morgan fingerprint density at radius 2 is 0.790 bits per heavy atom. The number of halogens is 4. The van der Waals surface area contributed by atoms with Crippen LogP contribution in [0.1, 0.15) is 130 Å². The number of rotatable bonds is 60. The van der Waals surface area contributed by atoms with Crippen LogP contribution in [0.15, 0.2) is 66.7 Å². The van der Waals surface area contributed by atoms with Crippen LogP contribution in [0.4, 0.5) is 44.2 Å². The second-order valence-electron chi connectivity index (χ2n) is 35.0. The van der Waals surface area contributed by atoms with Crippen molar-refractivity contribution in [1.29, 1.82) is 0 Å². The van der Waals surface area contributed by atoms with Crippen molar-refractivity contribution in [2.45, 2.75) is 125 Å². The van der Waals surface area contributed by atoms with Crippen LogP contribution in [0.3, 0.4) is 0 Å². The fraction of sp³-hybridized carbons (Fsp3) is 0.600. The molecular weight excluding hydrogens is 1920 g/mol. The Morgan fingerprint density at radius 3 is 1.19 bits per heavy atom. The van der Waals surface area contributed by atoms with Crippen molar-refractivity contribution in [3.63, 3.8) is 0 Å². The van der Waals surface area contributed by atoms with E-state index >= 15 is 0 Å². The third-order valence-corrected chi connectivity index (χ3v) is 26.7. The lowest BCUT2D eigenvalue weighted by molar-refractivity contribution is -0.141. The molecule has 5 saturated heterocycles. The minimum atomic E-state index is -1.88. The Balaban J connectivity index is 0.000000375. The van der Waals surface area contributed by atoms with Gasteiger partial charge in [-0.05, 0) is 124 Å². The first-order chi connectivity index (χ1) is 68.7. The molecule has 6 unspecified atom stereocenters. The van der Waals surface area contributed by atoms with Crippen molar-refractivity contribution in [3.05, 3.63) is 118 Å². The van der Waals surface area contributed by atoms with Gasteiger partial charge in [0, 0.05) is 208 Å². The number of ether oxygens (including phenoxy) is 7. The molecule has 0 spiro atoms. The van der Waals surface area contributed by atoms with Crippen LogP contribution in [0, 0.1) is 29.2 Å². The minimum absolute atomic E-state index is 0.0124. The molecule has 0 aliphatic carbocycles. The van der Waals surface area contributed by atoms with Gasteiger partial charge in [0.1, 0.15) is 0 Å². The first-order valence-corrected chi connectivity index (χ1v) is 50.1. The monoisotopic (exact) mass is 2060 g/mol. The zero-order chi connectivity index (χ0) is 104. The number of carbonyl (C=O) groups excluding carboxylic acids is 10. The highest BCUT2D eigenvalue weighted by molar-refractivity contribution is 8.00. The Kier molecular flexibility index (Phi) is 52.1. The molecule has 4 aromatic carbocycles. The summed E-state index contributed by atoms with van der Waals surface area (Å²) in [7, 11) is 6.42. The van der Waals surface area contributed by atoms with Crippen LogP contribution in [0.25, 0.3) is 0 Å². The Hall–Kier alpha value is -11.3. The number of likely N-dealkylation sites (N-methyl/N-ethyl adjacent to an activating group) is 2. The highest BCUT2D eigenvalue weighted by atomic mass is 32.2. The quantitative estimate of drug-likeness (QED) is 0.00731. The van der Waals surface area contributed by atoms with Gasteiger partial charge in [-0.1, -0.05) is 25.0 Å². The van der Waals surface area contributed by atoms with Gasteiger partial charge in [0.25, 0.3) is 17.7 Å². The highest BCUT2D eigenvalue weighted by Crippen LogP contribution is 2.36. The van der Waals surface area contributed by atoms with Crippen LogP contribution < -0.4 is 63.2 Å². The van der Waals surface area contributed by atoms with Crippen LogP contribution in [-0.4, -0.2) is 405 Å².